The summed E-state index contributed by atoms with van der Waals surface area (Å²) in [5.74, 6) is -0.338. The Morgan fingerprint density at radius 1 is 1.10 bits per heavy atom. The summed E-state index contributed by atoms with van der Waals surface area (Å²) < 4.78 is 20.8. The number of aromatic nitrogens is 2. The highest BCUT2D eigenvalue weighted by Crippen LogP contribution is 2.31. The first-order valence-electron chi connectivity index (χ1n) is 8.94. The molecular weight excluding hydrogens is 471 g/mol. The first-order valence-corrected chi connectivity index (χ1v) is 10.6. The minimum atomic E-state index is -0.486. The zero-order chi connectivity index (χ0) is 20.8. The Balaban J connectivity index is 1.66. The number of rotatable bonds is 3. The standard InChI is InChI=1S/C22H12BrFN2O3S/c23-14-3-6-16-13(7-19(27)29-18(16)8-14)9-26-11-25-21-20(22(26)28)17(10-30-21)12-1-4-15(24)5-2-12/h1-8,10-11H,9H2. The summed E-state index contributed by atoms with van der Waals surface area (Å²) in [7, 11) is 0. The van der Waals surface area contributed by atoms with Gasteiger partial charge >= 0.3 is 5.63 Å². The lowest BCUT2D eigenvalue weighted by Crippen LogP contribution is -2.21. The molecule has 0 unspecified atom stereocenters. The fourth-order valence-corrected chi connectivity index (χ4v) is 4.69. The van der Waals surface area contributed by atoms with E-state index in [1.54, 1.807) is 18.2 Å². The molecule has 0 saturated heterocycles. The van der Waals surface area contributed by atoms with Crippen LogP contribution in [0.15, 0.2) is 78.7 Å². The first kappa shape index (κ1) is 18.9. The second-order valence-corrected chi connectivity index (χ2v) is 8.52. The van der Waals surface area contributed by atoms with Gasteiger partial charge in [0.1, 0.15) is 16.2 Å². The molecule has 0 aliphatic carbocycles. The van der Waals surface area contributed by atoms with Crippen LogP contribution in [-0.4, -0.2) is 9.55 Å². The second kappa shape index (κ2) is 7.30. The molecule has 0 amide bonds. The number of benzene rings is 2. The molecule has 0 N–H and O–H groups in total. The molecule has 30 heavy (non-hydrogen) atoms. The summed E-state index contributed by atoms with van der Waals surface area (Å²) in [5, 5.41) is 3.07. The zero-order valence-corrected chi connectivity index (χ0v) is 17.7. The highest BCUT2D eigenvalue weighted by atomic mass is 79.9. The number of hydrogen-bond donors (Lipinski definition) is 0. The van der Waals surface area contributed by atoms with Gasteiger partial charge in [-0.2, -0.15) is 0 Å². The van der Waals surface area contributed by atoms with Crippen LogP contribution in [0.5, 0.6) is 0 Å². The average molecular weight is 483 g/mol. The molecule has 0 atom stereocenters. The van der Waals surface area contributed by atoms with E-state index in [9.17, 15) is 14.0 Å². The van der Waals surface area contributed by atoms with E-state index in [1.807, 2.05) is 17.5 Å². The van der Waals surface area contributed by atoms with Crippen molar-refractivity contribution in [2.75, 3.05) is 0 Å². The number of hydrogen-bond acceptors (Lipinski definition) is 5. The number of nitrogens with zero attached hydrogens (tertiary/aromatic N) is 2. The highest BCUT2D eigenvalue weighted by molar-refractivity contribution is 9.10. The Kier molecular flexibility index (Phi) is 4.60. The van der Waals surface area contributed by atoms with E-state index in [0.29, 0.717) is 26.9 Å². The summed E-state index contributed by atoms with van der Waals surface area (Å²) in [5.41, 5.74) is 1.85. The summed E-state index contributed by atoms with van der Waals surface area (Å²) in [4.78, 5) is 30.3. The summed E-state index contributed by atoms with van der Waals surface area (Å²) in [6.07, 6.45) is 1.48. The van der Waals surface area contributed by atoms with Crippen molar-refractivity contribution in [3.8, 4) is 11.1 Å². The lowest BCUT2D eigenvalue weighted by molar-refractivity contribution is 0.557. The van der Waals surface area contributed by atoms with Crippen LogP contribution in [0, 0.1) is 5.82 Å². The van der Waals surface area contributed by atoms with E-state index in [-0.39, 0.29) is 17.9 Å². The maximum absolute atomic E-state index is 13.3. The molecule has 5 nitrogen and oxygen atoms in total. The van der Waals surface area contributed by atoms with Gasteiger partial charge in [-0.25, -0.2) is 14.2 Å². The Labute approximate surface area is 181 Å². The highest BCUT2D eigenvalue weighted by Gasteiger charge is 2.15. The summed E-state index contributed by atoms with van der Waals surface area (Å²) in [6, 6.07) is 12.8. The Hall–Kier alpha value is -3.10. The molecule has 3 heterocycles. The van der Waals surface area contributed by atoms with Crippen molar-refractivity contribution >= 4 is 48.5 Å². The topological polar surface area (TPSA) is 65.1 Å². The van der Waals surface area contributed by atoms with E-state index in [4.69, 9.17) is 4.42 Å². The van der Waals surface area contributed by atoms with Crippen LogP contribution in [0.3, 0.4) is 0 Å². The minimum Gasteiger partial charge on any atom is -0.423 e. The predicted molar refractivity (Wildman–Crippen MR) is 119 cm³/mol. The SMILES string of the molecule is O=c1cc(Cn2cnc3scc(-c4ccc(F)cc4)c3c2=O)c2ccc(Br)cc2o1. The van der Waals surface area contributed by atoms with Crippen LogP contribution in [-0.2, 0) is 6.54 Å². The minimum absolute atomic E-state index is 0.171. The quantitative estimate of drug-likeness (QED) is 0.332. The first-order chi connectivity index (χ1) is 14.5. The largest absolute Gasteiger partial charge is 0.423 e. The molecule has 5 aromatic rings. The molecule has 0 aliphatic rings. The Morgan fingerprint density at radius 2 is 1.90 bits per heavy atom. The molecule has 0 saturated carbocycles. The van der Waals surface area contributed by atoms with E-state index in [0.717, 1.165) is 15.4 Å². The van der Waals surface area contributed by atoms with Gasteiger partial charge in [0.25, 0.3) is 5.56 Å². The van der Waals surface area contributed by atoms with Crippen molar-refractivity contribution in [3.05, 3.63) is 96.9 Å². The van der Waals surface area contributed by atoms with Gasteiger partial charge in [-0.05, 0) is 41.5 Å². The normalized spacial score (nSPS) is 11.4. The van der Waals surface area contributed by atoms with Crippen LogP contribution in [0.4, 0.5) is 4.39 Å². The van der Waals surface area contributed by atoms with Gasteiger partial charge in [0.05, 0.1) is 18.3 Å². The van der Waals surface area contributed by atoms with Crippen LogP contribution < -0.4 is 11.2 Å². The number of halogens is 2. The van der Waals surface area contributed by atoms with Crippen molar-refractivity contribution in [2.24, 2.45) is 0 Å². The second-order valence-electron chi connectivity index (χ2n) is 6.75. The molecule has 5 rings (SSSR count). The van der Waals surface area contributed by atoms with Crippen molar-refractivity contribution in [1.82, 2.24) is 9.55 Å². The van der Waals surface area contributed by atoms with Gasteiger partial charge < -0.3 is 4.42 Å². The maximum atomic E-state index is 13.3. The zero-order valence-electron chi connectivity index (χ0n) is 15.3. The van der Waals surface area contributed by atoms with Crippen LogP contribution in [0.2, 0.25) is 0 Å². The lowest BCUT2D eigenvalue weighted by atomic mass is 10.1. The van der Waals surface area contributed by atoms with Gasteiger partial charge in [-0.3, -0.25) is 9.36 Å². The molecule has 2 aromatic carbocycles. The molecule has 0 spiro atoms. The van der Waals surface area contributed by atoms with Gasteiger partial charge in [-0.1, -0.05) is 28.1 Å². The van der Waals surface area contributed by atoms with Gasteiger partial charge in [0, 0.05) is 26.9 Å². The van der Waals surface area contributed by atoms with Crippen molar-refractivity contribution in [2.45, 2.75) is 6.54 Å². The number of thiophene rings is 1. The third-order valence-corrected chi connectivity index (χ3v) is 6.23. The van der Waals surface area contributed by atoms with Crippen molar-refractivity contribution in [3.63, 3.8) is 0 Å². The molecular formula is C22H12BrFN2O3S. The Morgan fingerprint density at radius 3 is 2.70 bits per heavy atom. The van der Waals surface area contributed by atoms with Gasteiger partial charge in [0.15, 0.2) is 0 Å². The van der Waals surface area contributed by atoms with Crippen molar-refractivity contribution < 1.29 is 8.81 Å². The molecule has 0 aliphatic heterocycles. The predicted octanol–water partition coefficient (Wildman–Crippen LogP) is 5.18. The summed E-state index contributed by atoms with van der Waals surface area (Å²) >= 11 is 4.73. The third kappa shape index (κ3) is 3.28. The van der Waals surface area contributed by atoms with Crippen LogP contribution in [0.1, 0.15) is 5.56 Å². The maximum Gasteiger partial charge on any atom is 0.336 e. The molecule has 0 fully saturated rings. The Bertz CT molecular complexity index is 1540. The molecule has 148 valence electrons. The average Bonchev–Trinajstić information content (AvgIpc) is 3.15. The van der Waals surface area contributed by atoms with E-state index in [1.165, 1.54) is 40.4 Å². The van der Waals surface area contributed by atoms with Crippen LogP contribution in [0.25, 0.3) is 32.3 Å². The van der Waals surface area contributed by atoms with Crippen LogP contribution >= 0.6 is 27.3 Å². The molecule has 3 aromatic heterocycles. The smallest absolute Gasteiger partial charge is 0.336 e. The third-order valence-electron chi connectivity index (χ3n) is 4.85. The fourth-order valence-electron chi connectivity index (χ4n) is 3.44. The van der Waals surface area contributed by atoms with Crippen molar-refractivity contribution in [1.29, 1.82) is 0 Å². The lowest BCUT2D eigenvalue weighted by Gasteiger charge is -2.09. The van der Waals surface area contributed by atoms with Gasteiger partial charge in [-0.15, -0.1) is 11.3 Å². The number of fused-ring (bicyclic) bond motifs is 2. The molecule has 0 bridgehead atoms. The van der Waals surface area contributed by atoms with Gasteiger partial charge in [0.2, 0.25) is 0 Å². The van der Waals surface area contributed by atoms with E-state index < -0.39 is 5.63 Å². The van der Waals surface area contributed by atoms with E-state index in [2.05, 4.69) is 20.9 Å². The molecule has 8 heteroatoms. The monoisotopic (exact) mass is 482 g/mol. The summed E-state index contributed by atoms with van der Waals surface area (Å²) in [6.45, 7) is 0.171. The molecule has 0 radical (unpaired) electrons. The van der Waals surface area contributed by atoms with E-state index >= 15 is 0 Å². The fraction of sp³-hybridized carbons (Fsp3) is 0.0455.